The van der Waals surface area contributed by atoms with Crippen LogP contribution in [0.15, 0.2) is 0 Å². The molecule has 0 fully saturated rings. The quantitative estimate of drug-likeness (QED) is 0.0261. The fraction of sp³-hybridized carbons (Fsp3) is 1.00. The van der Waals surface area contributed by atoms with Crippen molar-refractivity contribution in [3.63, 3.8) is 0 Å². The van der Waals surface area contributed by atoms with Gasteiger partial charge in [0.1, 0.15) is 0 Å². The molecule has 11 heteroatoms. The van der Waals surface area contributed by atoms with Crippen molar-refractivity contribution in [3.05, 3.63) is 0 Å². The summed E-state index contributed by atoms with van der Waals surface area (Å²) in [6.07, 6.45) is 38.9. The van der Waals surface area contributed by atoms with E-state index in [1.807, 2.05) is 0 Å². The molecule has 2 atom stereocenters. The molecule has 8 nitrogen and oxygen atoms in total. The van der Waals surface area contributed by atoms with Crippen molar-refractivity contribution in [2.45, 2.75) is 233 Å². The standard InChI is InChI=1S/2C20H42O4S.Ca/c2*1-3-5-7-9-11-12-14-16-18-20(19-24-25(21,22)23)17-15-13-10-8-6-4-2;/h2*20H,3-19H2,1-2H3,(H,21,22,23);/q;;+2/p-2. The third-order valence-corrected chi connectivity index (χ3v) is 10.6. The van der Waals surface area contributed by atoms with Crippen LogP contribution in [0.3, 0.4) is 0 Å². The molecule has 0 radical (unpaired) electrons. The molecule has 0 heterocycles. The van der Waals surface area contributed by atoms with E-state index < -0.39 is 20.8 Å². The van der Waals surface area contributed by atoms with Gasteiger partial charge < -0.3 is 9.11 Å². The van der Waals surface area contributed by atoms with Gasteiger partial charge in [-0.3, -0.25) is 8.37 Å². The summed E-state index contributed by atoms with van der Waals surface area (Å²) in [5, 5.41) is 0. The summed E-state index contributed by atoms with van der Waals surface area (Å²) in [7, 11) is -9.12. The van der Waals surface area contributed by atoms with E-state index in [1.165, 1.54) is 154 Å². The van der Waals surface area contributed by atoms with Crippen LogP contribution in [0.25, 0.3) is 0 Å². The Hall–Kier alpha value is 1.000. The van der Waals surface area contributed by atoms with E-state index in [9.17, 15) is 25.9 Å². The predicted molar refractivity (Wildman–Crippen MR) is 214 cm³/mol. The molecule has 0 N–H and O–H groups in total. The molecule has 0 aliphatic carbocycles. The van der Waals surface area contributed by atoms with E-state index >= 15 is 0 Å². The predicted octanol–water partition coefficient (Wildman–Crippen LogP) is 12.3. The first kappa shape index (κ1) is 56.3. The minimum atomic E-state index is -4.56. The summed E-state index contributed by atoms with van der Waals surface area (Å²) in [4.78, 5) is 0. The summed E-state index contributed by atoms with van der Waals surface area (Å²) in [5.41, 5.74) is 0. The Morgan fingerprint density at radius 1 is 0.353 bits per heavy atom. The Labute approximate surface area is 348 Å². The minimum absolute atomic E-state index is 0. The van der Waals surface area contributed by atoms with Gasteiger partial charge in [0.05, 0.1) is 13.2 Å². The Morgan fingerprint density at radius 2 is 0.529 bits per heavy atom. The van der Waals surface area contributed by atoms with Crippen LogP contribution >= 0.6 is 0 Å². The molecule has 0 aliphatic heterocycles. The summed E-state index contributed by atoms with van der Waals surface area (Å²) in [5.74, 6) is 0.407. The van der Waals surface area contributed by atoms with Crippen molar-refractivity contribution in [2.24, 2.45) is 11.8 Å². The monoisotopic (exact) mass is 795 g/mol. The van der Waals surface area contributed by atoms with Crippen LogP contribution < -0.4 is 0 Å². The molecular weight excluding hydrogens is 713 g/mol. The molecule has 0 aromatic rings. The topological polar surface area (TPSA) is 133 Å². The zero-order chi connectivity index (χ0) is 37.6. The smallest absolute Gasteiger partial charge is 0.726 e. The molecule has 0 bridgehead atoms. The average molecular weight is 795 g/mol. The molecule has 0 saturated heterocycles. The summed E-state index contributed by atoms with van der Waals surface area (Å²) >= 11 is 0. The van der Waals surface area contributed by atoms with Crippen LogP contribution in [-0.4, -0.2) is 76.9 Å². The van der Waals surface area contributed by atoms with E-state index in [1.54, 1.807) is 0 Å². The summed E-state index contributed by atoms with van der Waals surface area (Å²) < 4.78 is 73.3. The van der Waals surface area contributed by atoms with Crippen molar-refractivity contribution in [3.8, 4) is 0 Å². The van der Waals surface area contributed by atoms with Crippen LogP contribution in [0.1, 0.15) is 233 Å². The fourth-order valence-corrected chi connectivity index (χ4v) is 7.26. The maximum absolute atomic E-state index is 10.7. The minimum Gasteiger partial charge on any atom is -0.726 e. The number of rotatable bonds is 38. The van der Waals surface area contributed by atoms with Gasteiger partial charge in [-0.05, 0) is 37.5 Å². The second-order valence-electron chi connectivity index (χ2n) is 14.8. The van der Waals surface area contributed by atoms with Gasteiger partial charge >= 0.3 is 37.7 Å². The van der Waals surface area contributed by atoms with Crippen molar-refractivity contribution < 1.29 is 34.3 Å². The Kier molecular flexibility index (Phi) is 46.6. The molecule has 0 rings (SSSR count). The van der Waals surface area contributed by atoms with Crippen LogP contribution in [0.5, 0.6) is 0 Å². The molecular formula is C40H82CaO8S2. The Bertz CT molecular complexity index is 815. The van der Waals surface area contributed by atoms with E-state index in [0.717, 1.165) is 51.4 Å². The molecule has 0 aliphatic rings. The van der Waals surface area contributed by atoms with E-state index in [-0.39, 0.29) is 62.8 Å². The number of hydrogen-bond donors (Lipinski definition) is 0. The molecule has 2 unspecified atom stereocenters. The first-order chi connectivity index (χ1) is 24.0. The molecule has 0 aromatic heterocycles. The van der Waals surface area contributed by atoms with E-state index in [4.69, 9.17) is 0 Å². The fourth-order valence-electron chi connectivity index (χ4n) is 6.54. The molecule has 0 aromatic carbocycles. The van der Waals surface area contributed by atoms with Gasteiger partial charge in [-0.2, -0.15) is 0 Å². The number of unbranched alkanes of at least 4 members (excludes halogenated alkanes) is 24. The Balaban J connectivity index is -0.000000886. The molecule has 0 saturated carbocycles. The van der Waals surface area contributed by atoms with E-state index in [2.05, 4.69) is 36.1 Å². The van der Waals surface area contributed by atoms with Gasteiger partial charge in [0.2, 0.25) is 20.8 Å². The Morgan fingerprint density at radius 3 is 0.706 bits per heavy atom. The zero-order valence-corrected chi connectivity index (χ0v) is 37.8. The van der Waals surface area contributed by atoms with Crippen LogP contribution in [0.4, 0.5) is 0 Å². The second kappa shape index (κ2) is 42.1. The number of hydrogen-bond acceptors (Lipinski definition) is 8. The van der Waals surface area contributed by atoms with Gasteiger partial charge in [0.15, 0.2) is 0 Å². The maximum atomic E-state index is 10.7. The zero-order valence-electron chi connectivity index (χ0n) is 34.0. The van der Waals surface area contributed by atoms with Gasteiger partial charge in [0, 0.05) is 0 Å². The molecule has 51 heavy (non-hydrogen) atoms. The van der Waals surface area contributed by atoms with Gasteiger partial charge in [-0.25, -0.2) is 16.8 Å². The average Bonchev–Trinajstić information content (AvgIpc) is 3.06. The van der Waals surface area contributed by atoms with Gasteiger partial charge in [-0.1, -0.05) is 207 Å². The van der Waals surface area contributed by atoms with Crippen molar-refractivity contribution in [2.75, 3.05) is 13.2 Å². The maximum Gasteiger partial charge on any atom is 2.00 e. The molecule has 0 amide bonds. The van der Waals surface area contributed by atoms with Crippen LogP contribution in [0, 0.1) is 11.8 Å². The largest absolute Gasteiger partial charge is 2.00 e. The second-order valence-corrected chi connectivity index (χ2v) is 16.9. The third kappa shape index (κ3) is 51.0. The van der Waals surface area contributed by atoms with Gasteiger partial charge in [-0.15, -0.1) is 0 Å². The van der Waals surface area contributed by atoms with E-state index in [0.29, 0.717) is 0 Å². The summed E-state index contributed by atoms with van der Waals surface area (Å²) in [6.45, 7) is 9.01. The first-order valence-electron chi connectivity index (χ1n) is 21.2. The molecule has 304 valence electrons. The van der Waals surface area contributed by atoms with Crippen molar-refractivity contribution in [1.82, 2.24) is 0 Å². The van der Waals surface area contributed by atoms with Crippen molar-refractivity contribution in [1.29, 1.82) is 0 Å². The SMILES string of the molecule is CCCCCCCCCCC(CCCCCCCC)COS(=O)(=O)[O-].CCCCCCCCCCC(CCCCCCCC)COS(=O)(=O)[O-].[Ca+2]. The molecule has 0 spiro atoms. The van der Waals surface area contributed by atoms with Crippen LogP contribution in [-0.2, 0) is 29.2 Å². The van der Waals surface area contributed by atoms with Crippen LogP contribution in [0.2, 0.25) is 0 Å². The third-order valence-electron chi connectivity index (χ3n) is 9.76. The summed E-state index contributed by atoms with van der Waals surface area (Å²) in [6, 6.07) is 0. The van der Waals surface area contributed by atoms with Gasteiger partial charge in [0.25, 0.3) is 0 Å². The normalized spacial score (nSPS) is 13.0. The van der Waals surface area contributed by atoms with Crippen molar-refractivity contribution >= 4 is 58.5 Å². The first-order valence-corrected chi connectivity index (χ1v) is 23.9.